The van der Waals surface area contributed by atoms with Gasteiger partial charge in [-0.3, -0.25) is 9.59 Å². The third-order valence-corrected chi connectivity index (χ3v) is 3.47. The van der Waals surface area contributed by atoms with Crippen LogP contribution < -0.4 is 5.32 Å². The van der Waals surface area contributed by atoms with Crippen molar-refractivity contribution in [3.05, 3.63) is 72.1 Å². The van der Waals surface area contributed by atoms with E-state index in [9.17, 15) is 9.59 Å². The Kier molecular flexibility index (Phi) is 4.01. The Morgan fingerprint density at radius 2 is 1.61 bits per heavy atom. The zero-order valence-corrected chi connectivity index (χ0v) is 12.5. The quantitative estimate of drug-likeness (QED) is 0.724. The summed E-state index contributed by atoms with van der Waals surface area (Å²) in [5, 5.41) is 2.80. The van der Waals surface area contributed by atoms with Gasteiger partial charge in [0.1, 0.15) is 5.82 Å². The molecule has 0 saturated carbocycles. The van der Waals surface area contributed by atoms with E-state index in [0.717, 1.165) is 11.4 Å². The number of ketones is 1. The molecule has 23 heavy (non-hydrogen) atoms. The number of imidazole rings is 1. The lowest BCUT2D eigenvalue weighted by Gasteiger charge is -2.06. The number of Topliss-reactive ketones (excluding diaryl/α,β-unsaturated/α-hetero) is 1. The van der Waals surface area contributed by atoms with E-state index in [4.69, 9.17) is 0 Å². The molecule has 2 N–H and O–H groups in total. The molecule has 0 atom stereocenters. The molecule has 0 bridgehead atoms. The van der Waals surface area contributed by atoms with Crippen LogP contribution in [0.3, 0.4) is 0 Å². The van der Waals surface area contributed by atoms with Crippen LogP contribution in [0.2, 0.25) is 0 Å². The number of anilines is 1. The number of H-pyrrole nitrogens is 1. The van der Waals surface area contributed by atoms with Crippen molar-refractivity contribution in [2.24, 2.45) is 0 Å². The maximum Gasteiger partial charge on any atom is 0.255 e. The number of rotatable bonds is 4. The normalized spacial score (nSPS) is 10.3. The molecule has 0 aliphatic rings. The molecule has 0 aliphatic heterocycles. The van der Waals surface area contributed by atoms with E-state index in [1.807, 2.05) is 12.1 Å². The monoisotopic (exact) mass is 305 g/mol. The first kappa shape index (κ1) is 14.7. The van der Waals surface area contributed by atoms with Crippen LogP contribution in [0.15, 0.2) is 60.9 Å². The fourth-order valence-electron chi connectivity index (χ4n) is 2.19. The third kappa shape index (κ3) is 3.35. The number of carbonyl (C=O) groups is 2. The number of benzene rings is 2. The van der Waals surface area contributed by atoms with Crippen molar-refractivity contribution in [3.63, 3.8) is 0 Å². The molecular weight excluding hydrogens is 290 g/mol. The number of aromatic nitrogens is 2. The molecule has 0 saturated heterocycles. The summed E-state index contributed by atoms with van der Waals surface area (Å²) in [4.78, 5) is 30.6. The fraction of sp³-hybridized carbons (Fsp3) is 0.0556. The first-order valence-corrected chi connectivity index (χ1v) is 7.15. The lowest BCUT2D eigenvalue weighted by atomic mass is 10.1. The van der Waals surface area contributed by atoms with E-state index in [1.54, 1.807) is 48.8 Å². The molecule has 1 aromatic heterocycles. The van der Waals surface area contributed by atoms with Crippen LogP contribution in [0, 0.1) is 0 Å². The molecule has 3 aromatic rings. The zero-order chi connectivity index (χ0) is 16.2. The average Bonchev–Trinajstić information content (AvgIpc) is 3.10. The van der Waals surface area contributed by atoms with Gasteiger partial charge in [-0.05, 0) is 43.3 Å². The highest BCUT2D eigenvalue weighted by Gasteiger charge is 2.08. The molecule has 1 heterocycles. The van der Waals surface area contributed by atoms with Crippen LogP contribution in [-0.4, -0.2) is 21.7 Å². The van der Waals surface area contributed by atoms with Crippen molar-refractivity contribution < 1.29 is 9.59 Å². The Morgan fingerprint density at radius 1 is 0.957 bits per heavy atom. The minimum Gasteiger partial charge on any atom is -0.345 e. The van der Waals surface area contributed by atoms with Gasteiger partial charge in [-0.15, -0.1) is 0 Å². The third-order valence-electron chi connectivity index (χ3n) is 3.47. The molecule has 114 valence electrons. The molecule has 0 unspecified atom stereocenters. The van der Waals surface area contributed by atoms with Crippen LogP contribution >= 0.6 is 0 Å². The Hall–Kier alpha value is -3.21. The second-order valence-corrected chi connectivity index (χ2v) is 5.10. The van der Waals surface area contributed by atoms with E-state index in [1.165, 1.54) is 6.92 Å². The largest absolute Gasteiger partial charge is 0.345 e. The molecule has 5 nitrogen and oxygen atoms in total. The van der Waals surface area contributed by atoms with E-state index in [-0.39, 0.29) is 11.7 Å². The maximum atomic E-state index is 12.2. The van der Waals surface area contributed by atoms with E-state index < -0.39 is 0 Å². The van der Waals surface area contributed by atoms with Gasteiger partial charge >= 0.3 is 0 Å². The number of nitrogens with one attached hydrogen (secondary N) is 2. The second kappa shape index (κ2) is 6.27. The average molecular weight is 305 g/mol. The van der Waals surface area contributed by atoms with Gasteiger partial charge in [0.25, 0.3) is 5.91 Å². The number of nitrogens with zero attached hydrogens (tertiary/aromatic N) is 1. The van der Waals surface area contributed by atoms with Crippen molar-refractivity contribution >= 4 is 17.4 Å². The Labute approximate surface area is 133 Å². The number of aromatic amines is 1. The van der Waals surface area contributed by atoms with Crippen molar-refractivity contribution in [3.8, 4) is 11.4 Å². The fourth-order valence-corrected chi connectivity index (χ4v) is 2.19. The Morgan fingerprint density at radius 3 is 2.17 bits per heavy atom. The van der Waals surface area contributed by atoms with Gasteiger partial charge in [0.05, 0.1) is 0 Å². The number of carbonyl (C=O) groups excluding carboxylic acids is 2. The Bertz CT molecular complexity index is 820. The van der Waals surface area contributed by atoms with Gasteiger partial charge in [0.2, 0.25) is 0 Å². The maximum absolute atomic E-state index is 12.2. The van der Waals surface area contributed by atoms with Crippen molar-refractivity contribution in [1.82, 2.24) is 9.97 Å². The molecule has 3 rings (SSSR count). The van der Waals surface area contributed by atoms with Crippen LogP contribution in [-0.2, 0) is 0 Å². The van der Waals surface area contributed by atoms with Crippen LogP contribution in [0.1, 0.15) is 27.6 Å². The minimum absolute atomic E-state index is 0.00334. The van der Waals surface area contributed by atoms with Crippen LogP contribution in [0.25, 0.3) is 11.4 Å². The highest BCUT2D eigenvalue weighted by atomic mass is 16.1. The van der Waals surface area contributed by atoms with E-state index >= 15 is 0 Å². The first-order valence-electron chi connectivity index (χ1n) is 7.15. The summed E-state index contributed by atoms with van der Waals surface area (Å²) in [6.45, 7) is 1.51. The Balaban J connectivity index is 1.71. The molecular formula is C18H15N3O2. The highest BCUT2D eigenvalue weighted by Crippen LogP contribution is 2.16. The molecule has 0 spiro atoms. The van der Waals surface area contributed by atoms with Gasteiger partial charge in [-0.25, -0.2) is 4.98 Å². The lowest BCUT2D eigenvalue weighted by Crippen LogP contribution is -2.11. The van der Waals surface area contributed by atoms with Crippen molar-refractivity contribution in [1.29, 1.82) is 0 Å². The summed E-state index contributed by atoms with van der Waals surface area (Å²) in [6.07, 6.45) is 3.43. The standard InChI is InChI=1S/C18H15N3O2/c1-12(22)13-6-8-16(9-7-13)21-18(23)15-4-2-14(3-5-15)17-19-10-11-20-17/h2-11H,1H3,(H,19,20)(H,21,23). The summed E-state index contributed by atoms with van der Waals surface area (Å²) in [5.41, 5.74) is 2.73. The van der Waals surface area contributed by atoms with Crippen LogP contribution in [0.5, 0.6) is 0 Å². The summed E-state index contributed by atoms with van der Waals surface area (Å²) in [6, 6.07) is 14.0. The summed E-state index contributed by atoms with van der Waals surface area (Å²) in [7, 11) is 0. The van der Waals surface area contributed by atoms with Crippen LogP contribution in [0.4, 0.5) is 5.69 Å². The SMILES string of the molecule is CC(=O)c1ccc(NC(=O)c2ccc(-c3ncc[nH]3)cc2)cc1. The number of hydrogen-bond acceptors (Lipinski definition) is 3. The predicted molar refractivity (Wildman–Crippen MR) is 88.4 cm³/mol. The van der Waals surface area contributed by atoms with Gasteiger partial charge in [0, 0.05) is 34.8 Å². The van der Waals surface area contributed by atoms with Gasteiger partial charge in [0.15, 0.2) is 5.78 Å². The molecule has 1 amide bonds. The molecule has 0 fully saturated rings. The number of hydrogen-bond donors (Lipinski definition) is 2. The topological polar surface area (TPSA) is 74.8 Å². The van der Waals surface area contributed by atoms with Gasteiger partial charge in [-0.1, -0.05) is 12.1 Å². The zero-order valence-electron chi connectivity index (χ0n) is 12.5. The minimum atomic E-state index is -0.202. The van der Waals surface area contributed by atoms with Gasteiger partial charge in [-0.2, -0.15) is 0 Å². The first-order chi connectivity index (χ1) is 11.1. The summed E-state index contributed by atoms with van der Waals surface area (Å²) in [5.74, 6) is 0.555. The summed E-state index contributed by atoms with van der Waals surface area (Å²) >= 11 is 0. The highest BCUT2D eigenvalue weighted by molar-refractivity contribution is 6.04. The molecule has 0 aliphatic carbocycles. The van der Waals surface area contributed by atoms with E-state index in [0.29, 0.717) is 16.8 Å². The second-order valence-electron chi connectivity index (χ2n) is 5.10. The molecule has 2 aromatic carbocycles. The molecule has 5 heteroatoms. The van der Waals surface area contributed by atoms with Gasteiger partial charge < -0.3 is 10.3 Å². The van der Waals surface area contributed by atoms with Crippen molar-refractivity contribution in [2.75, 3.05) is 5.32 Å². The number of amides is 1. The van der Waals surface area contributed by atoms with Crippen molar-refractivity contribution in [2.45, 2.75) is 6.92 Å². The van der Waals surface area contributed by atoms with E-state index in [2.05, 4.69) is 15.3 Å². The predicted octanol–water partition coefficient (Wildman–Crippen LogP) is 3.53. The molecule has 0 radical (unpaired) electrons. The lowest BCUT2D eigenvalue weighted by molar-refractivity contribution is 0.101. The summed E-state index contributed by atoms with van der Waals surface area (Å²) < 4.78 is 0. The smallest absolute Gasteiger partial charge is 0.255 e.